The van der Waals surface area contributed by atoms with E-state index in [1.165, 1.54) is 18.3 Å². The highest BCUT2D eigenvalue weighted by Gasteiger charge is 2.34. The highest BCUT2D eigenvalue weighted by atomic mass is 35.5. The van der Waals surface area contributed by atoms with Gasteiger partial charge in [-0.3, -0.25) is 19.4 Å². The van der Waals surface area contributed by atoms with Gasteiger partial charge in [-0.1, -0.05) is 41.9 Å². The van der Waals surface area contributed by atoms with Gasteiger partial charge in [-0.15, -0.1) is 11.8 Å². The van der Waals surface area contributed by atoms with Crippen molar-refractivity contribution in [1.82, 2.24) is 10.3 Å². The molecule has 0 aliphatic heterocycles. The average Bonchev–Trinajstić information content (AvgIpc) is 2.98. The molecule has 3 N–H and O–H groups in total. The number of amides is 3. The predicted octanol–water partition coefficient (Wildman–Crippen LogP) is 7.28. The van der Waals surface area contributed by atoms with Gasteiger partial charge in [-0.25, -0.2) is 0 Å². The van der Waals surface area contributed by atoms with Crippen molar-refractivity contribution in [2.75, 3.05) is 10.6 Å². The number of benzene rings is 3. The standard InChI is InChI=1S/C31H24ClF3N4O3S/c1-19(28(40)38-26-13-12-22(32)16-25(26)31(33,34)35)43-24-11-5-10-23(17-24)37-30(42)27(15-20-7-6-14-36-18-20)39-29(41)21-8-3-2-4-9-21/h2-19H,1H3,(H,37,42)(H,38,40)(H,39,41)/b27-15-. The van der Waals surface area contributed by atoms with Crippen molar-refractivity contribution < 1.29 is 27.6 Å². The van der Waals surface area contributed by atoms with Gasteiger partial charge in [0.25, 0.3) is 11.8 Å². The molecule has 220 valence electrons. The number of nitrogens with zero attached hydrogens (tertiary/aromatic N) is 1. The minimum absolute atomic E-state index is 0.0314. The summed E-state index contributed by atoms with van der Waals surface area (Å²) in [5.74, 6) is -1.74. The molecule has 0 spiro atoms. The predicted molar refractivity (Wildman–Crippen MR) is 162 cm³/mol. The van der Waals surface area contributed by atoms with E-state index in [4.69, 9.17) is 11.6 Å². The summed E-state index contributed by atoms with van der Waals surface area (Å²) in [6.45, 7) is 1.54. The van der Waals surface area contributed by atoms with E-state index in [1.807, 2.05) is 0 Å². The van der Waals surface area contributed by atoms with E-state index in [0.29, 0.717) is 21.7 Å². The van der Waals surface area contributed by atoms with Crippen LogP contribution in [0.25, 0.3) is 6.08 Å². The van der Waals surface area contributed by atoms with Crippen LogP contribution < -0.4 is 16.0 Å². The highest BCUT2D eigenvalue weighted by Crippen LogP contribution is 2.37. The van der Waals surface area contributed by atoms with Gasteiger partial charge in [0, 0.05) is 33.6 Å². The van der Waals surface area contributed by atoms with Crippen LogP contribution in [0.1, 0.15) is 28.4 Å². The molecule has 3 amide bonds. The van der Waals surface area contributed by atoms with Crippen molar-refractivity contribution in [1.29, 1.82) is 0 Å². The van der Waals surface area contributed by atoms with Gasteiger partial charge in [0.1, 0.15) is 5.70 Å². The van der Waals surface area contributed by atoms with Gasteiger partial charge >= 0.3 is 6.18 Å². The van der Waals surface area contributed by atoms with Gasteiger partial charge in [-0.05, 0) is 73.2 Å². The zero-order valence-electron chi connectivity index (χ0n) is 22.5. The van der Waals surface area contributed by atoms with Crippen molar-refractivity contribution >= 4 is 58.5 Å². The molecule has 0 radical (unpaired) electrons. The molecule has 1 aromatic heterocycles. The summed E-state index contributed by atoms with van der Waals surface area (Å²) >= 11 is 6.80. The Bertz CT molecular complexity index is 1650. The van der Waals surface area contributed by atoms with Gasteiger partial charge in [0.15, 0.2) is 0 Å². The Balaban J connectivity index is 1.47. The molecule has 1 atom stereocenters. The second-order valence-electron chi connectivity index (χ2n) is 9.08. The van der Waals surface area contributed by atoms with Crippen LogP contribution in [0.4, 0.5) is 24.5 Å². The minimum Gasteiger partial charge on any atom is -0.325 e. The summed E-state index contributed by atoms with van der Waals surface area (Å²) in [7, 11) is 0. The number of anilines is 2. The number of nitrogens with one attached hydrogen (secondary N) is 3. The van der Waals surface area contributed by atoms with Crippen LogP contribution in [0.5, 0.6) is 0 Å². The lowest BCUT2D eigenvalue weighted by molar-refractivity contribution is -0.137. The monoisotopic (exact) mass is 624 g/mol. The lowest BCUT2D eigenvalue weighted by Gasteiger charge is -2.17. The van der Waals surface area contributed by atoms with Crippen molar-refractivity contribution in [2.45, 2.75) is 23.2 Å². The van der Waals surface area contributed by atoms with Crippen molar-refractivity contribution in [2.24, 2.45) is 0 Å². The second kappa shape index (κ2) is 14.0. The Morgan fingerprint density at radius 2 is 1.70 bits per heavy atom. The number of rotatable bonds is 9. The van der Waals surface area contributed by atoms with Crippen molar-refractivity contribution in [3.8, 4) is 0 Å². The van der Waals surface area contributed by atoms with E-state index in [-0.39, 0.29) is 10.7 Å². The maximum absolute atomic E-state index is 13.4. The molecule has 1 unspecified atom stereocenters. The van der Waals surface area contributed by atoms with Crippen LogP contribution in [-0.2, 0) is 15.8 Å². The normalized spacial score (nSPS) is 12.3. The fourth-order valence-electron chi connectivity index (χ4n) is 3.77. The number of carbonyl (C=O) groups excluding carboxylic acids is 3. The van der Waals surface area contributed by atoms with E-state index in [0.717, 1.165) is 23.9 Å². The molecule has 43 heavy (non-hydrogen) atoms. The number of thioether (sulfide) groups is 1. The number of halogens is 4. The number of alkyl halides is 3. The SMILES string of the molecule is CC(Sc1cccc(NC(=O)/C(=C/c2cccnc2)NC(=O)c2ccccc2)c1)C(=O)Nc1ccc(Cl)cc1C(F)(F)F. The summed E-state index contributed by atoms with van der Waals surface area (Å²) < 4.78 is 40.3. The van der Waals surface area contributed by atoms with E-state index in [1.54, 1.807) is 79.9 Å². The van der Waals surface area contributed by atoms with Crippen LogP contribution in [0.15, 0.2) is 108 Å². The summed E-state index contributed by atoms with van der Waals surface area (Å²) in [6.07, 6.45) is -0.108. The first-order valence-corrected chi connectivity index (χ1v) is 14.0. The average molecular weight is 625 g/mol. The largest absolute Gasteiger partial charge is 0.418 e. The maximum atomic E-state index is 13.4. The molecule has 4 rings (SSSR count). The van der Waals surface area contributed by atoms with E-state index in [9.17, 15) is 27.6 Å². The quantitative estimate of drug-likeness (QED) is 0.134. The Hall–Kier alpha value is -4.61. The van der Waals surface area contributed by atoms with Crippen LogP contribution >= 0.6 is 23.4 Å². The molecule has 0 fully saturated rings. The van der Waals surface area contributed by atoms with Crippen molar-refractivity contribution in [3.63, 3.8) is 0 Å². The molecule has 0 aliphatic rings. The summed E-state index contributed by atoms with van der Waals surface area (Å²) in [4.78, 5) is 43.5. The highest BCUT2D eigenvalue weighted by molar-refractivity contribution is 8.00. The number of carbonyl (C=O) groups is 3. The topological polar surface area (TPSA) is 100 Å². The number of hydrogen-bond donors (Lipinski definition) is 3. The fraction of sp³-hybridized carbons (Fsp3) is 0.0968. The Labute approximate surface area is 254 Å². The molecular weight excluding hydrogens is 601 g/mol. The summed E-state index contributed by atoms with van der Waals surface area (Å²) in [5.41, 5.74) is -0.175. The molecule has 0 bridgehead atoms. The van der Waals surface area contributed by atoms with E-state index in [2.05, 4.69) is 20.9 Å². The number of aromatic nitrogens is 1. The second-order valence-corrected chi connectivity index (χ2v) is 10.9. The van der Waals surface area contributed by atoms with Crippen LogP contribution in [-0.4, -0.2) is 28.0 Å². The number of hydrogen-bond acceptors (Lipinski definition) is 5. The zero-order valence-corrected chi connectivity index (χ0v) is 24.1. The molecule has 0 saturated heterocycles. The van der Waals surface area contributed by atoms with Crippen LogP contribution in [0, 0.1) is 0 Å². The third-order valence-corrected chi connectivity index (χ3v) is 7.17. The number of pyridine rings is 1. The Morgan fingerprint density at radius 1 is 0.930 bits per heavy atom. The van der Waals surface area contributed by atoms with Gasteiger partial charge in [0.2, 0.25) is 5.91 Å². The first-order valence-electron chi connectivity index (χ1n) is 12.7. The van der Waals surface area contributed by atoms with Crippen LogP contribution in [0.3, 0.4) is 0 Å². The zero-order chi connectivity index (χ0) is 31.0. The van der Waals surface area contributed by atoms with Crippen molar-refractivity contribution in [3.05, 3.63) is 125 Å². The van der Waals surface area contributed by atoms with E-state index >= 15 is 0 Å². The summed E-state index contributed by atoms with van der Waals surface area (Å²) in [5, 5.41) is 6.79. The molecule has 4 aromatic rings. The Kier molecular flexibility index (Phi) is 10.2. The molecule has 12 heteroatoms. The smallest absolute Gasteiger partial charge is 0.325 e. The third kappa shape index (κ3) is 8.94. The molecule has 0 saturated carbocycles. The molecule has 0 aliphatic carbocycles. The van der Waals surface area contributed by atoms with Crippen LogP contribution in [0.2, 0.25) is 5.02 Å². The molecular formula is C31H24ClF3N4O3S. The Morgan fingerprint density at radius 3 is 2.40 bits per heavy atom. The molecule has 3 aromatic carbocycles. The molecule has 1 heterocycles. The first-order chi connectivity index (χ1) is 20.5. The first kappa shape index (κ1) is 31.3. The maximum Gasteiger partial charge on any atom is 0.418 e. The van der Waals surface area contributed by atoms with Gasteiger partial charge in [-0.2, -0.15) is 13.2 Å². The summed E-state index contributed by atoms with van der Waals surface area (Å²) in [6, 6.07) is 21.5. The minimum atomic E-state index is -4.71. The lowest BCUT2D eigenvalue weighted by Crippen LogP contribution is -2.30. The lowest BCUT2D eigenvalue weighted by atomic mass is 10.1. The van der Waals surface area contributed by atoms with E-state index < -0.39 is 40.4 Å². The fourth-order valence-corrected chi connectivity index (χ4v) is 4.87. The van der Waals surface area contributed by atoms with Gasteiger partial charge < -0.3 is 16.0 Å². The molecule has 7 nitrogen and oxygen atoms in total. The van der Waals surface area contributed by atoms with Gasteiger partial charge in [0.05, 0.1) is 16.5 Å². The third-order valence-electron chi connectivity index (χ3n) is 5.84.